The summed E-state index contributed by atoms with van der Waals surface area (Å²) in [5.74, 6) is -1.10. The Morgan fingerprint density at radius 1 is 0.857 bits per heavy atom. The molecule has 0 bridgehead atoms. The van der Waals surface area contributed by atoms with Crippen LogP contribution in [0.3, 0.4) is 0 Å². The molecule has 0 spiro atoms. The minimum atomic E-state index is -0.545. The summed E-state index contributed by atoms with van der Waals surface area (Å²) in [4.78, 5) is 40.1. The zero-order valence-corrected chi connectivity index (χ0v) is 26.9. The van der Waals surface area contributed by atoms with Gasteiger partial charge in [-0.2, -0.15) is 0 Å². The fraction of sp³-hybridized carbons (Fsp3) is 0.0938. The van der Waals surface area contributed by atoms with Crippen molar-refractivity contribution in [2.24, 2.45) is 0 Å². The van der Waals surface area contributed by atoms with Gasteiger partial charge in [0.2, 0.25) is 5.91 Å². The molecule has 0 aliphatic rings. The molecule has 0 saturated heterocycles. The summed E-state index contributed by atoms with van der Waals surface area (Å²) in [6.45, 7) is 1.95. The molecule has 3 amide bonds. The van der Waals surface area contributed by atoms with Crippen molar-refractivity contribution in [1.29, 1.82) is 0 Å². The molecule has 0 radical (unpaired) electrons. The van der Waals surface area contributed by atoms with Crippen molar-refractivity contribution >= 4 is 92.7 Å². The fourth-order valence-electron chi connectivity index (χ4n) is 3.80. The highest BCUT2D eigenvalue weighted by atomic mass is 127. The van der Waals surface area contributed by atoms with Crippen LogP contribution in [0.5, 0.6) is 0 Å². The first-order valence-electron chi connectivity index (χ1n) is 12.9. The van der Waals surface area contributed by atoms with E-state index in [1.165, 1.54) is 17.8 Å². The maximum Gasteiger partial charge on any atom is 0.272 e. The molecule has 0 fully saturated rings. The Morgan fingerprint density at radius 2 is 1.60 bits per heavy atom. The molecule has 4 aromatic carbocycles. The normalized spacial score (nSPS) is 11.9. The van der Waals surface area contributed by atoms with Gasteiger partial charge in [-0.25, -0.2) is 0 Å². The Labute approximate surface area is 272 Å². The van der Waals surface area contributed by atoms with Crippen LogP contribution in [0.1, 0.15) is 29.3 Å². The lowest BCUT2D eigenvalue weighted by Gasteiger charge is -2.16. The van der Waals surface area contributed by atoms with E-state index in [-0.39, 0.29) is 16.9 Å². The van der Waals surface area contributed by atoms with Crippen LogP contribution in [-0.2, 0) is 9.59 Å². The zero-order chi connectivity index (χ0) is 30.1. The molecule has 1 atom stereocenters. The lowest BCUT2D eigenvalue weighted by molar-refractivity contribution is -0.116. The maximum atomic E-state index is 13.5. The topological polar surface area (TPSA) is 87.3 Å². The predicted octanol–water partition coefficient (Wildman–Crippen LogP) is 8.52. The number of benzene rings is 4. The van der Waals surface area contributed by atoms with E-state index in [4.69, 9.17) is 23.2 Å². The first-order chi connectivity index (χ1) is 20.2. The minimum absolute atomic E-state index is 0.00512. The predicted molar refractivity (Wildman–Crippen MR) is 181 cm³/mol. The Kier molecular flexibility index (Phi) is 11.5. The van der Waals surface area contributed by atoms with Crippen molar-refractivity contribution in [3.63, 3.8) is 0 Å². The molecule has 4 aromatic rings. The van der Waals surface area contributed by atoms with E-state index in [1.807, 2.05) is 37.3 Å². The van der Waals surface area contributed by atoms with Gasteiger partial charge in [0.15, 0.2) is 0 Å². The van der Waals surface area contributed by atoms with Crippen LogP contribution in [0, 0.1) is 3.57 Å². The first-order valence-corrected chi connectivity index (χ1v) is 15.6. The number of amides is 3. The molecule has 4 rings (SSSR count). The van der Waals surface area contributed by atoms with E-state index in [1.54, 1.807) is 66.7 Å². The number of hydrogen-bond donors (Lipinski definition) is 3. The lowest BCUT2D eigenvalue weighted by Crippen LogP contribution is -2.30. The number of thioether (sulfide) groups is 1. The Balaban J connectivity index is 1.52. The van der Waals surface area contributed by atoms with Crippen LogP contribution in [0.15, 0.2) is 108 Å². The van der Waals surface area contributed by atoms with Gasteiger partial charge in [0.1, 0.15) is 5.70 Å². The SMILES string of the molecule is CCC(Sc1cccc(NC(=O)/C(=C\c2ccc(Cl)cc2Cl)NC(=O)c2ccccc2)c1)C(=O)Nc1ccc(I)cc1. The monoisotopic (exact) mass is 729 g/mol. The molecule has 10 heteroatoms. The number of anilines is 2. The molecule has 0 heterocycles. The van der Waals surface area contributed by atoms with Gasteiger partial charge >= 0.3 is 0 Å². The zero-order valence-electron chi connectivity index (χ0n) is 22.4. The summed E-state index contributed by atoms with van der Waals surface area (Å²) in [7, 11) is 0. The van der Waals surface area contributed by atoms with E-state index in [0.717, 1.165) is 14.2 Å². The molecule has 1 unspecified atom stereocenters. The fourth-order valence-corrected chi connectivity index (χ4v) is 5.64. The summed E-state index contributed by atoms with van der Waals surface area (Å²) in [6, 6.07) is 28.2. The van der Waals surface area contributed by atoms with Crippen LogP contribution in [0.25, 0.3) is 6.08 Å². The summed E-state index contributed by atoms with van der Waals surface area (Å²) < 4.78 is 1.08. The smallest absolute Gasteiger partial charge is 0.272 e. The summed E-state index contributed by atoms with van der Waals surface area (Å²) in [5.41, 5.74) is 2.13. The molecule has 0 aromatic heterocycles. The van der Waals surface area contributed by atoms with Crippen LogP contribution < -0.4 is 16.0 Å². The molecule has 0 aliphatic carbocycles. The molecular weight excluding hydrogens is 704 g/mol. The van der Waals surface area contributed by atoms with Crippen molar-refractivity contribution in [3.05, 3.63) is 128 Å². The third kappa shape index (κ3) is 9.09. The standard InChI is InChI=1S/C32H26Cl2IN3O3S/c1-2-29(32(41)36-24-15-13-23(35)14-16-24)42-26-10-6-9-25(19-26)37-31(40)28(17-21-11-12-22(33)18-27(21)34)38-30(39)20-7-4-3-5-8-20/h3-19,29H,2H2,1H3,(H,36,41)(H,37,40)(H,38,39)/b28-17+. The Morgan fingerprint density at radius 3 is 2.29 bits per heavy atom. The van der Waals surface area contributed by atoms with Crippen molar-refractivity contribution in [3.8, 4) is 0 Å². The molecule has 42 heavy (non-hydrogen) atoms. The van der Waals surface area contributed by atoms with Gasteiger partial charge in [0, 0.05) is 35.4 Å². The quantitative estimate of drug-likeness (QED) is 0.0868. The third-order valence-electron chi connectivity index (χ3n) is 5.94. The first kappa shape index (κ1) is 31.6. The van der Waals surface area contributed by atoms with E-state index >= 15 is 0 Å². The number of carbonyl (C=O) groups is 3. The number of nitrogens with one attached hydrogen (secondary N) is 3. The highest BCUT2D eigenvalue weighted by Gasteiger charge is 2.20. The number of hydrogen-bond acceptors (Lipinski definition) is 4. The highest BCUT2D eigenvalue weighted by molar-refractivity contribution is 14.1. The second kappa shape index (κ2) is 15.2. The maximum absolute atomic E-state index is 13.5. The van der Waals surface area contributed by atoms with E-state index < -0.39 is 11.8 Å². The van der Waals surface area contributed by atoms with Gasteiger partial charge < -0.3 is 16.0 Å². The van der Waals surface area contributed by atoms with Gasteiger partial charge in [-0.3, -0.25) is 14.4 Å². The second-order valence-corrected chi connectivity index (χ2v) is 12.4. The number of carbonyl (C=O) groups excluding carboxylic acids is 3. The average Bonchev–Trinajstić information content (AvgIpc) is 2.98. The van der Waals surface area contributed by atoms with Crippen LogP contribution in [0.2, 0.25) is 10.0 Å². The van der Waals surface area contributed by atoms with Crippen molar-refractivity contribution < 1.29 is 14.4 Å². The van der Waals surface area contributed by atoms with Gasteiger partial charge in [-0.05, 0) is 107 Å². The molecular formula is C32H26Cl2IN3O3S. The summed E-state index contributed by atoms with van der Waals surface area (Å²) in [5, 5.41) is 8.95. The molecule has 214 valence electrons. The van der Waals surface area contributed by atoms with E-state index in [2.05, 4.69) is 38.5 Å². The van der Waals surface area contributed by atoms with E-state index in [0.29, 0.717) is 33.3 Å². The highest BCUT2D eigenvalue weighted by Crippen LogP contribution is 2.29. The van der Waals surface area contributed by atoms with Crippen molar-refractivity contribution in [2.75, 3.05) is 10.6 Å². The Bertz CT molecular complexity index is 1620. The van der Waals surface area contributed by atoms with Crippen LogP contribution >= 0.6 is 57.6 Å². The van der Waals surface area contributed by atoms with Crippen molar-refractivity contribution in [1.82, 2.24) is 5.32 Å². The number of halogens is 3. The van der Waals surface area contributed by atoms with E-state index in [9.17, 15) is 14.4 Å². The Hall–Kier alpha value is -3.31. The molecule has 3 N–H and O–H groups in total. The average molecular weight is 730 g/mol. The lowest BCUT2D eigenvalue weighted by atomic mass is 10.1. The van der Waals surface area contributed by atoms with Gasteiger partial charge in [0.25, 0.3) is 11.8 Å². The van der Waals surface area contributed by atoms with Gasteiger partial charge in [0.05, 0.1) is 5.25 Å². The van der Waals surface area contributed by atoms with Crippen molar-refractivity contribution in [2.45, 2.75) is 23.5 Å². The second-order valence-electron chi connectivity index (χ2n) is 9.04. The van der Waals surface area contributed by atoms with Gasteiger partial charge in [-0.15, -0.1) is 11.8 Å². The van der Waals surface area contributed by atoms with Crippen LogP contribution in [0.4, 0.5) is 11.4 Å². The molecule has 6 nitrogen and oxygen atoms in total. The minimum Gasteiger partial charge on any atom is -0.325 e. The van der Waals surface area contributed by atoms with Gasteiger partial charge in [-0.1, -0.05) is 60.5 Å². The molecule has 0 saturated carbocycles. The largest absolute Gasteiger partial charge is 0.325 e. The van der Waals surface area contributed by atoms with Crippen LogP contribution in [-0.4, -0.2) is 23.0 Å². The number of rotatable bonds is 10. The summed E-state index contributed by atoms with van der Waals surface area (Å²) in [6.07, 6.45) is 2.10. The molecule has 0 aliphatic heterocycles. The third-order valence-corrected chi connectivity index (χ3v) is 8.58. The summed E-state index contributed by atoms with van der Waals surface area (Å²) >= 11 is 16.0.